The average Bonchev–Trinajstić information content (AvgIpc) is 3.03. The Kier molecular flexibility index (Phi) is 4.66. The highest BCUT2D eigenvalue weighted by molar-refractivity contribution is 7.18. The summed E-state index contributed by atoms with van der Waals surface area (Å²) in [5.41, 5.74) is -0.800. The minimum Gasteiger partial charge on any atom is -0.324 e. The number of aryl methyl sites for hydroxylation is 2. The number of carbonyl (C=O) groups excluding carboxylic acids is 1. The second kappa shape index (κ2) is 7.01. The normalized spacial score (nSPS) is 14.1. The highest BCUT2D eigenvalue weighted by Crippen LogP contribution is 2.35. The van der Waals surface area contributed by atoms with Crippen LogP contribution < -0.4 is 10.9 Å². The fraction of sp³-hybridized carbons (Fsp3) is 0.333. The molecule has 0 atom stereocenters. The van der Waals surface area contributed by atoms with Gasteiger partial charge in [0.25, 0.3) is 5.56 Å². The number of thiophene rings is 1. The van der Waals surface area contributed by atoms with Gasteiger partial charge in [0.15, 0.2) is 4.83 Å². The molecule has 4 rings (SSSR count). The van der Waals surface area contributed by atoms with E-state index in [9.17, 15) is 22.8 Å². The Balaban J connectivity index is 1.62. The van der Waals surface area contributed by atoms with Gasteiger partial charge in [-0.25, -0.2) is 4.68 Å². The molecule has 0 aliphatic heterocycles. The molecule has 146 valence electrons. The maximum absolute atomic E-state index is 13.1. The molecule has 0 bridgehead atoms. The quantitative estimate of drug-likeness (QED) is 0.721. The first kappa shape index (κ1) is 18.6. The molecule has 1 aliphatic carbocycles. The largest absolute Gasteiger partial charge is 0.418 e. The van der Waals surface area contributed by atoms with Crippen molar-refractivity contribution in [3.63, 3.8) is 0 Å². The summed E-state index contributed by atoms with van der Waals surface area (Å²) in [5.74, 6) is -0.781. The number of amides is 1. The maximum Gasteiger partial charge on any atom is 0.418 e. The first-order chi connectivity index (χ1) is 13.3. The Hall–Kier alpha value is -2.75. The number of halogens is 3. The average molecular weight is 408 g/mol. The summed E-state index contributed by atoms with van der Waals surface area (Å²) in [4.78, 5) is 26.7. The zero-order valence-corrected chi connectivity index (χ0v) is 15.4. The van der Waals surface area contributed by atoms with Crippen molar-refractivity contribution in [2.75, 3.05) is 5.32 Å². The number of aromatic nitrogens is 3. The van der Waals surface area contributed by atoms with E-state index >= 15 is 0 Å². The lowest BCUT2D eigenvalue weighted by molar-refractivity contribution is -0.137. The van der Waals surface area contributed by atoms with Crippen molar-refractivity contribution in [3.05, 3.63) is 50.6 Å². The number of nitrogens with zero attached hydrogens (tertiary/aromatic N) is 3. The van der Waals surface area contributed by atoms with Gasteiger partial charge in [0.2, 0.25) is 5.91 Å². The lowest BCUT2D eigenvalue weighted by Gasteiger charge is -2.13. The molecule has 0 spiro atoms. The highest BCUT2D eigenvalue weighted by atomic mass is 32.1. The summed E-state index contributed by atoms with van der Waals surface area (Å²) in [6.07, 6.45) is -0.890. The molecule has 0 saturated carbocycles. The topological polar surface area (TPSA) is 76.9 Å². The van der Waals surface area contributed by atoms with Crippen LogP contribution in [0, 0.1) is 0 Å². The van der Waals surface area contributed by atoms with Crippen molar-refractivity contribution in [2.24, 2.45) is 0 Å². The molecule has 1 amide bonds. The van der Waals surface area contributed by atoms with Crippen LogP contribution in [0.4, 0.5) is 18.9 Å². The van der Waals surface area contributed by atoms with Crippen LogP contribution in [0.25, 0.3) is 10.2 Å². The molecule has 1 aromatic carbocycles. The smallest absolute Gasteiger partial charge is 0.324 e. The predicted molar refractivity (Wildman–Crippen MR) is 98.4 cm³/mol. The third-order valence-electron chi connectivity index (χ3n) is 4.64. The van der Waals surface area contributed by atoms with Crippen molar-refractivity contribution < 1.29 is 18.0 Å². The maximum atomic E-state index is 13.1. The van der Waals surface area contributed by atoms with Gasteiger partial charge in [-0.3, -0.25) is 9.59 Å². The fourth-order valence-corrected chi connectivity index (χ4v) is 4.57. The second-order valence-corrected chi connectivity index (χ2v) is 7.62. The Morgan fingerprint density at radius 2 is 1.96 bits per heavy atom. The van der Waals surface area contributed by atoms with Crippen LogP contribution in [0.15, 0.2) is 29.1 Å². The summed E-state index contributed by atoms with van der Waals surface area (Å²) in [6, 6.07) is 4.67. The molecule has 28 heavy (non-hydrogen) atoms. The molecule has 2 aromatic heterocycles. The first-order valence-corrected chi connectivity index (χ1v) is 9.50. The summed E-state index contributed by atoms with van der Waals surface area (Å²) in [5, 5.41) is 10.5. The SMILES string of the molecule is O=C(Cn1nnc2sc3c(c2c1=O)CCCC3)Nc1ccccc1C(F)(F)F. The molecular formula is C18H15F3N4O2S. The molecule has 0 saturated heterocycles. The molecule has 0 unspecified atom stereocenters. The van der Waals surface area contributed by atoms with Gasteiger partial charge >= 0.3 is 6.18 Å². The summed E-state index contributed by atoms with van der Waals surface area (Å²) in [7, 11) is 0. The molecule has 1 aliphatic rings. The number of hydrogen-bond acceptors (Lipinski definition) is 5. The van der Waals surface area contributed by atoms with Crippen LogP contribution in [-0.2, 0) is 30.4 Å². The Bertz CT molecular complexity index is 1120. The van der Waals surface area contributed by atoms with E-state index < -0.39 is 29.8 Å². The number of para-hydroxylation sites is 1. The standard InChI is InChI=1S/C18H15F3N4O2S/c19-18(20,21)11-6-2-3-7-12(11)22-14(26)9-25-17(27)15-10-5-1-4-8-13(10)28-16(15)23-24-25/h2-3,6-7H,1,4-5,8-9H2,(H,22,26). The van der Waals surface area contributed by atoms with E-state index in [4.69, 9.17) is 0 Å². The molecule has 2 heterocycles. The van der Waals surface area contributed by atoms with E-state index in [2.05, 4.69) is 15.6 Å². The van der Waals surface area contributed by atoms with Gasteiger partial charge in [-0.2, -0.15) is 13.2 Å². The third-order valence-corrected chi connectivity index (χ3v) is 5.82. The lowest BCUT2D eigenvalue weighted by atomic mass is 9.97. The summed E-state index contributed by atoms with van der Waals surface area (Å²) in [6.45, 7) is -0.515. The van der Waals surface area contributed by atoms with Crippen molar-refractivity contribution >= 4 is 33.1 Å². The van der Waals surface area contributed by atoms with Crippen molar-refractivity contribution in [2.45, 2.75) is 38.4 Å². The number of rotatable bonds is 3. The first-order valence-electron chi connectivity index (χ1n) is 8.68. The molecule has 0 fully saturated rings. The molecular weight excluding hydrogens is 393 g/mol. The van der Waals surface area contributed by atoms with Gasteiger partial charge < -0.3 is 5.32 Å². The Morgan fingerprint density at radius 1 is 1.21 bits per heavy atom. The molecule has 3 aromatic rings. The van der Waals surface area contributed by atoms with E-state index in [-0.39, 0.29) is 5.69 Å². The predicted octanol–water partition coefficient (Wildman–Crippen LogP) is 3.39. The zero-order chi connectivity index (χ0) is 19.9. The number of carbonyl (C=O) groups is 1. The van der Waals surface area contributed by atoms with Crippen LogP contribution in [0.5, 0.6) is 0 Å². The third kappa shape index (κ3) is 3.39. The number of hydrogen-bond donors (Lipinski definition) is 1. The van der Waals surface area contributed by atoms with Gasteiger partial charge in [0.1, 0.15) is 6.54 Å². The Morgan fingerprint density at radius 3 is 2.75 bits per heavy atom. The highest BCUT2D eigenvalue weighted by Gasteiger charge is 2.33. The van der Waals surface area contributed by atoms with E-state index in [1.165, 1.54) is 23.5 Å². The van der Waals surface area contributed by atoms with Gasteiger partial charge in [-0.15, -0.1) is 16.4 Å². The fourth-order valence-electron chi connectivity index (χ4n) is 3.38. The van der Waals surface area contributed by atoms with Crippen molar-refractivity contribution in [1.82, 2.24) is 15.0 Å². The monoisotopic (exact) mass is 408 g/mol. The van der Waals surface area contributed by atoms with Gasteiger partial charge in [-0.1, -0.05) is 17.3 Å². The molecule has 1 N–H and O–H groups in total. The van der Waals surface area contributed by atoms with Crippen molar-refractivity contribution in [3.8, 4) is 0 Å². The van der Waals surface area contributed by atoms with E-state index in [1.807, 2.05) is 0 Å². The number of alkyl halides is 3. The van der Waals surface area contributed by atoms with E-state index in [0.717, 1.165) is 52.9 Å². The lowest BCUT2D eigenvalue weighted by Crippen LogP contribution is -2.31. The van der Waals surface area contributed by atoms with Crippen LogP contribution in [-0.4, -0.2) is 20.9 Å². The van der Waals surface area contributed by atoms with Gasteiger partial charge in [0.05, 0.1) is 16.6 Å². The number of benzene rings is 1. The Labute approximate surface area is 161 Å². The summed E-state index contributed by atoms with van der Waals surface area (Å²) < 4.78 is 40.1. The van der Waals surface area contributed by atoms with Crippen molar-refractivity contribution in [1.29, 1.82) is 0 Å². The molecule has 6 nitrogen and oxygen atoms in total. The van der Waals surface area contributed by atoms with Crippen LogP contribution >= 0.6 is 11.3 Å². The molecule has 10 heteroatoms. The minimum absolute atomic E-state index is 0.366. The van der Waals surface area contributed by atoms with Crippen LogP contribution in [0.2, 0.25) is 0 Å². The molecule has 0 radical (unpaired) electrons. The van der Waals surface area contributed by atoms with Crippen LogP contribution in [0.3, 0.4) is 0 Å². The zero-order valence-electron chi connectivity index (χ0n) is 14.5. The van der Waals surface area contributed by atoms with E-state index in [0.29, 0.717) is 10.2 Å². The summed E-state index contributed by atoms with van der Waals surface area (Å²) >= 11 is 1.44. The van der Waals surface area contributed by atoms with Crippen LogP contribution in [0.1, 0.15) is 28.8 Å². The second-order valence-electron chi connectivity index (χ2n) is 6.53. The number of nitrogens with one attached hydrogen (secondary N) is 1. The number of fused-ring (bicyclic) bond motifs is 3. The van der Waals surface area contributed by atoms with E-state index in [1.54, 1.807) is 0 Å². The van der Waals surface area contributed by atoms with Gasteiger partial charge in [0, 0.05) is 4.88 Å². The minimum atomic E-state index is -4.60. The van der Waals surface area contributed by atoms with Gasteiger partial charge in [-0.05, 0) is 43.4 Å². The number of anilines is 1.